The second-order valence-corrected chi connectivity index (χ2v) is 5.14. The Labute approximate surface area is 139 Å². The summed E-state index contributed by atoms with van der Waals surface area (Å²) in [5, 5.41) is 0. The third-order valence-electron chi connectivity index (χ3n) is 3.10. The summed E-state index contributed by atoms with van der Waals surface area (Å²) in [6.45, 7) is 2.50. The molecule has 0 saturated carbocycles. The van der Waals surface area contributed by atoms with Crippen LogP contribution in [0.15, 0.2) is 36.4 Å². The van der Waals surface area contributed by atoms with Gasteiger partial charge in [-0.2, -0.15) is 0 Å². The number of esters is 2. The number of benzene rings is 1. The molecule has 0 bridgehead atoms. The topological polar surface area (TPSA) is 61.8 Å². The van der Waals surface area contributed by atoms with Crippen molar-refractivity contribution in [3.05, 3.63) is 47.8 Å². The maximum atomic E-state index is 13.1. The zero-order valence-electron chi connectivity index (χ0n) is 13.3. The summed E-state index contributed by atoms with van der Waals surface area (Å²) in [5.41, 5.74) is 0.519. The molecule has 0 N–H and O–H groups in total. The van der Waals surface area contributed by atoms with Gasteiger partial charge in [0.2, 0.25) is 0 Å². The Morgan fingerprint density at radius 1 is 1.25 bits per heavy atom. The molecule has 0 unspecified atom stereocenters. The Bertz CT molecular complexity index is 701. The van der Waals surface area contributed by atoms with Crippen molar-refractivity contribution in [2.45, 2.75) is 32.2 Å². The zero-order chi connectivity index (χ0) is 17.5. The fourth-order valence-corrected chi connectivity index (χ4v) is 2.09. The summed E-state index contributed by atoms with van der Waals surface area (Å²) < 4.78 is 28.9. The molecule has 1 heterocycles. The first kappa shape index (κ1) is 17.7. The van der Waals surface area contributed by atoms with E-state index in [1.807, 2.05) is 0 Å². The molecule has 0 aromatic heterocycles. The van der Waals surface area contributed by atoms with Gasteiger partial charge < -0.3 is 14.2 Å². The highest BCUT2D eigenvalue weighted by Gasteiger charge is 2.29. The van der Waals surface area contributed by atoms with Gasteiger partial charge in [0.1, 0.15) is 30.7 Å². The minimum absolute atomic E-state index is 0.0598. The van der Waals surface area contributed by atoms with Crippen LogP contribution in [0.25, 0.3) is 0 Å². The van der Waals surface area contributed by atoms with Crippen molar-refractivity contribution < 1.29 is 28.2 Å². The highest BCUT2D eigenvalue weighted by atomic mass is 19.1. The minimum Gasteiger partial charge on any atom is -0.463 e. The quantitative estimate of drug-likeness (QED) is 0.481. The summed E-state index contributed by atoms with van der Waals surface area (Å²) in [6, 6.07) is 5.90. The van der Waals surface area contributed by atoms with Crippen LogP contribution in [0.4, 0.5) is 4.39 Å². The molecule has 5 nitrogen and oxygen atoms in total. The lowest BCUT2D eigenvalue weighted by Crippen LogP contribution is -2.41. The fourth-order valence-electron chi connectivity index (χ4n) is 2.09. The van der Waals surface area contributed by atoms with Crippen molar-refractivity contribution in [3.8, 4) is 11.8 Å². The first-order valence-corrected chi connectivity index (χ1v) is 7.35. The van der Waals surface area contributed by atoms with Gasteiger partial charge in [0, 0.05) is 19.4 Å². The van der Waals surface area contributed by atoms with Crippen LogP contribution in [0.3, 0.4) is 0 Å². The van der Waals surface area contributed by atoms with Crippen LogP contribution >= 0.6 is 0 Å². The third kappa shape index (κ3) is 5.52. The van der Waals surface area contributed by atoms with Crippen LogP contribution in [0, 0.1) is 17.7 Å². The number of ether oxygens (including phenoxy) is 3. The van der Waals surface area contributed by atoms with Crippen molar-refractivity contribution in [3.63, 3.8) is 0 Å². The van der Waals surface area contributed by atoms with Crippen LogP contribution in [0.1, 0.15) is 19.4 Å². The Kier molecular flexibility index (Phi) is 6.10. The second-order valence-electron chi connectivity index (χ2n) is 5.14. The summed E-state index contributed by atoms with van der Waals surface area (Å²) >= 11 is 0. The van der Waals surface area contributed by atoms with Crippen molar-refractivity contribution >= 4 is 11.9 Å². The molecule has 1 aromatic rings. The zero-order valence-corrected chi connectivity index (χ0v) is 13.3. The van der Waals surface area contributed by atoms with Crippen molar-refractivity contribution in [1.29, 1.82) is 0 Å². The molecule has 24 heavy (non-hydrogen) atoms. The van der Waals surface area contributed by atoms with Gasteiger partial charge in [0.15, 0.2) is 0 Å². The van der Waals surface area contributed by atoms with E-state index in [9.17, 15) is 14.0 Å². The number of halogens is 1. The molecule has 0 fully saturated rings. The Morgan fingerprint density at radius 2 is 2.04 bits per heavy atom. The Balaban J connectivity index is 2.10. The predicted molar refractivity (Wildman–Crippen MR) is 83.3 cm³/mol. The fraction of sp³-hybridized carbons (Fsp3) is 0.333. The predicted octanol–water partition coefficient (Wildman–Crippen LogP) is 2.00. The average Bonchev–Trinajstić information content (AvgIpc) is 2.52. The number of carbonyl (C=O) groups is 2. The average molecular weight is 332 g/mol. The van der Waals surface area contributed by atoms with Gasteiger partial charge in [-0.15, -0.1) is 0 Å². The summed E-state index contributed by atoms with van der Waals surface area (Å²) in [5.74, 6) is 4.37. The van der Waals surface area contributed by atoms with Crippen LogP contribution < -0.4 is 0 Å². The standard InChI is InChI=1S/C18H17FO5/c1-12(20)22-11-18-17(23-13(2)21)9-8-16(24-18)7-6-14-4-3-5-15(19)10-14/h3-5,8-10,16-18H,11H2,1-2H3/t16-,17+,18-/m1/s1. The third-order valence-corrected chi connectivity index (χ3v) is 3.10. The minimum atomic E-state index is -0.658. The van der Waals surface area contributed by atoms with Crippen LogP contribution in [0.2, 0.25) is 0 Å². The van der Waals surface area contributed by atoms with Crippen molar-refractivity contribution in [2.24, 2.45) is 0 Å². The lowest BCUT2D eigenvalue weighted by atomic mass is 10.1. The van der Waals surface area contributed by atoms with Gasteiger partial charge in [-0.3, -0.25) is 9.59 Å². The number of hydrogen-bond acceptors (Lipinski definition) is 5. The Morgan fingerprint density at radius 3 is 2.71 bits per heavy atom. The van der Waals surface area contributed by atoms with Gasteiger partial charge in [0.25, 0.3) is 0 Å². The molecule has 1 aliphatic rings. The maximum Gasteiger partial charge on any atom is 0.303 e. The van der Waals surface area contributed by atoms with Crippen molar-refractivity contribution in [1.82, 2.24) is 0 Å². The number of rotatable bonds is 3. The van der Waals surface area contributed by atoms with E-state index in [0.717, 1.165) is 0 Å². The first-order chi connectivity index (χ1) is 11.4. The van der Waals surface area contributed by atoms with E-state index in [1.54, 1.807) is 24.3 Å². The second kappa shape index (κ2) is 8.27. The molecule has 6 heteroatoms. The van der Waals surface area contributed by atoms with Crippen LogP contribution in [-0.2, 0) is 23.8 Å². The van der Waals surface area contributed by atoms with E-state index >= 15 is 0 Å². The lowest BCUT2D eigenvalue weighted by molar-refractivity contribution is -0.161. The Hall–Kier alpha value is -2.65. The largest absolute Gasteiger partial charge is 0.463 e. The summed E-state index contributed by atoms with van der Waals surface area (Å²) in [6.07, 6.45) is 1.39. The van der Waals surface area contributed by atoms with E-state index in [2.05, 4.69) is 11.8 Å². The number of hydrogen-bond donors (Lipinski definition) is 0. The monoisotopic (exact) mass is 332 g/mol. The van der Waals surface area contributed by atoms with E-state index < -0.39 is 30.3 Å². The smallest absolute Gasteiger partial charge is 0.303 e. The molecule has 1 aromatic carbocycles. The van der Waals surface area contributed by atoms with E-state index in [0.29, 0.717) is 5.56 Å². The highest BCUT2D eigenvalue weighted by molar-refractivity contribution is 5.67. The molecule has 126 valence electrons. The molecular formula is C18H17FO5. The summed E-state index contributed by atoms with van der Waals surface area (Å²) in [4.78, 5) is 22.1. The van der Waals surface area contributed by atoms with Gasteiger partial charge in [-0.25, -0.2) is 4.39 Å². The molecule has 0 radical (unpaired) electrons. The van der Waals surface area contributed by atoms with Gasteiger partial charge in [0.05, 0.1) is 0 Å². The normalized spacial score (nSPS) is 22.2. The number of carbonyl (C=O) groups excluding carboxylic acids is 2. The molecule has 0 spiro atoms. The molecular weight excluding hydrogens is 315 g/mol. The van der Waals surface area contributed by atoms with E-state index in [1.165, 1.54) is 26.0 Å². The van der Waals surface area contributed by atoms with Gasteiger partial charge in [-0.05, 0) is 30.4 Å². The summed E-state index contributed by atoms with van der Waals surface area (Å²) in [7, 11) is 0. The lowest BCUT2D eigenvalue weighted by Gasteiger charge is -2.29. The SMILES string of the molecule is CC(=O)OC[C@H]1O[C@H](C#Cc2cccc(F)c2)C=C[C@@H]1OC(C)=O. The van der Waals surface area contributed by atoms with Gasteiger partial charge >= 0.3 is 11.9 Å². The van der Waals surface area contributed by atoms with E-state index in [-0.39, 0.29) is 12.4 Å². The van der Waals surface area contributed by atoms with E-state index in [4.69, 9.17) is 14.2 Å². The van der Waals surface area contributed by atoms with Crippen LogP contribution in [-0.4, -0.2) is 36.9 Å². The maximum absolute atomic E-state index is 13.1. The first-order valence-electron chi connectivity index (χ1n) is 7.35. The molecule has 2 rings (SSSR count). The molecule has 0 aliphatic carbocycles. The molecule has 0 amide bonds. The highest BCUT2D eigenvalue weighted by Crippen LogP contribution is 2.17. The van der Waals surface area contributed by atoms with Crippen molar-refractivity contribution in [2.75, 3.05) is 6.61 Å². The van der Waals surface area contributed by atoms with Crippen LogP contribution in [0.5, 0.6) is 0 Å². The molecule has 3 atom stereocenters. The molecule has 0 saturated heterocycles. The van der Waals surface area contributed by atoms with Gasteiger partial charge in [-0.1, -0.05) is 17.9 Å². The molecule has 1 aliphatic heterocycles.